The molecule has 0 saturated carbocycles. The molecule has 11 aromatic rings. The van der Waals surface area contributed by atoms with E-state index in [1.807, 2.05) is 12.1 Å². The number of furan rings is 1. The molecule has 0 saturated heterocycles. The minimum absolute atomic E-state index is 0.168. The van der Waals surface area contributed by atoms with Crippen LogP contribution in [-0.4, -0.2) is 8.29 Å². The number of hydrogen-bond acceptors (Lipinski definition) is 6. The number of hydrogen-bond donors (Lipinski definition) is 0. The van der Waals surface area contributed by atoms with Gasteiger partial charge in [-0.1, -0.05) is 0 Å². The van der Waals surface area contributed by atoms with E-state index in [4.69, 9.17) is 4.42 Å². The summed E-state index contributed by atoms with van der Waals surface area (Å²) in [5.74, 6) is 0.676. The van der Waals surface area contributed by atoms with Crippen LogP contribution >= 0.6 is 0 Å². The Balaban J connectivity index is 1.15. The van der Waals surface area contributed by atoms with Gasteiger partial charge in [0.1, 0.15) is 0 Å². The first-order chi connectivity index (χ1) is 41.4. The van der Waals surface area contributed by atoms with Gasteiger partial charge < -0.3 is 0 Å². The molecule has 6 nitrogen and oxygen atoms in total. The summed E-state index contributed by atoms with van der Waals surface area (Å²) in [4.78, 5) is 12.6. The number of aryl methyl sites for hydroxylation is 4. The second-order valence-corrected chi connectivity index (χ2v) is 27.7. The first-order valence-corrected chi connectivity index (χ1v) is 32.0. The van der Waals surface area contributed by atoms with Crippen LogP contribution in [0.1, 0.15) is 74.9 Å². The number of fused-ring (bicyclic) bond motifs is 14. The summed E-state index contributed by atoms with van der Waals surface area (Å²) in [6, 6.07) is 91.5. The van der Waals surface area contributed by atoms with Crippen LogP contribution in [0.4, 0.5) is 62.8 Å². The van der Waals surface area contributed by atoms with E-state index >= 15 is 0 Å². The van der Waals surface area contributed by atoms with Crippen LogP contribution < -0.4 is 24.5 Å². The van der Waals surface area contributed by atoms with Gasteiger partial charge in [-0.3, -0.25) is 0 Å². The fraction of sp³-hybridized carbons (Fsp3) is 0.154. The third kappa shape index (κ3) is 8.70. The molecule has 9 aliphatic heterocycles. The van der Waals surface area contributed by atoms with Crippen LogP contribution in [0.3, 0.4) is 0 Å². The van der Waals surface area contributed by atoms with Crippen molar-refractivity contribution in [3.8, 4) is 44.5 Å². The van der Waals surface area contributed by atoms with Crippen LogP contribution in [0.2, 0.25) is 0 Å². The number of benzene rings is 10. The number of rotatable bonds is 1. The molecule has 0 atom stereocenters. The summed E-state index contributed by atoms with van der Waals surface area (Å²) >= 11 is -1.33. The third-order valence-corrected chi connectivity index (χ3v) is 20.7. The molecule has 0 unspecified atom stereocenters. The van der Waals surface area contributed by atoms with Gasteiger partial charge in [0.25, 0.3) is 0 Å². The van der Waals surface area contributed by atoms with Crippen molar-refractivity contribution in [3.63, 3.8) is 0 Å². The van der Waals surface area contributed by atoms with Gasteiger partial charge in [-0.25, -0.2) is 0 Å². The monoisotopic (exact) mass is 1280 g/mol. The Kier molecular flexibility index (Phi) is 12.0. The summed E-state index contributed by atoms with van der Waals surface area (Å²) in [5, 5.41) is 0. The van der Waals surface area contributed by atoms with E-state index in [9.17, 15) is 0 Å². The maximum absolute atomic E-state index is 6.39. The molecule has 85 heavy (non-hydrogen) atoms. The van der Waals surface area contributed by atoms with Gasteiger partial charge in [0.05, 0.1) is 0 Å². The Morgan fingerprint density at radius 1 is 0.341 bits per heavy atom. The standard InChI is InChI=1S/C78H63N5O.Pt/c1-77(2,3)60-44-66-56-35-27-52(28-36-56)23-25-54-31-39-58(40-32-54)68-46-61(78(4,5)6)47-69-59-41-33-55(34-42-59)26-24-53-29-37-57(38-30-53)67(45-60)75(66)81-50-79(70-18-7-9-20-72(70)81)62-14-11-16-64(48-62)83(74-22-13-43-84-74)65-17-12-15-63(49-65)80-51-82(76(68)69)73-21-10-8-19-71(73)80;/h7-22,27-47H,23-26H2,1-6H3;/q-2;. The molecule has 9 aliphatic rings. The Morgan fingerprint density at radius 2 is 0.659 bits per heavy atom. The second-order valence-electron chi connectivity index (χ2n) is 25.1. The minimum atomic E-state index is -1.33. The first-order valence-electron chi connectivity index (χ1n) is 29.7. The molecule has 10 heterocycles. The van der Waals surface area contributed by atoms with Crippen LogP contribution in [0.5, 0.6) is 0 Å². The summed E-state index contributed by atoms with van der Waals surface area (Å²) in [6.45, 7) is 14.1. The zero-order valence-corrected chi connectivity index (χ0v) is 50.9. The quantitative estimate of drug-likeness (QED) is 0.152. The average molecular weight is 1280 g/mol. The van der Waals surface area contributed by atoms with Gasteiger partial charge in [0.2, 0.25) is 0 Å². The van der Waals surface area contributed by atoms with Gasteiger partial charge in [-0.15, -0.1) is 0 Å². The van der Waals surface area contributed by atoms with Gasteiger partial charge in [-0.05, 0) is 0 Å². The molecule has 0 aliphatic carbocycles. The Hall–Kier alpha value is -9.09. The van der Waals surface area contributed by atoms with E-state index in [1.165, 1.54) is 86.2 Å². The van der Waals surface area contributed by atoms with Crippen LogP contribution in [0, 0.1) is 12.1 Å². The van der Waals surface area contributed by atoms with Gasteiger partial charge in [-0.2, -0.15) is 0 Å². The number of para-hydroxylation sites is 4. The van der Waals surface area contributed by atoms with E-state index in [0.717, 1.165) is 82.6 Å². The second kappa shape index (κ2) is 19.8. The molecule has 20 rings (SSSR count). The zero-order valence-electron chi connectivity index (χ0n) is 48.7. The summed E-state index contributed by atoms with van der Waals surface area (Å²) < 4.78 is 8.74. The van der Waals surface area contributed by atoms with Crippen molar-refractivity contribution >= 4 is 71.0 Å². The normalized spacial score (nSPS) is 14.9. The molecule has 418 valence electrons. The fourth-order valence-electron chi connectivity index (χ4n) is 13.0. The van der Waals surface area contributed by atoms with Crippen molar-refractivity contribution in [2.24, 2.45) is 0 Å². The van der Waals surface area contributed by atoms with Gasteiger partial charge in [0, 0.05) is 0 Å². The SMILES string of the molecule is CC(C)(C)c1cc2c3c(c1)-c1ccc(cc1)CCc1ccc(cc1)-c1cc(C(C)(C)C)cc(c1N1[C]4=[Pt]=[C]5N(c6[c-]c(ccc6)N(c6ccco6)c6[c-]c(ccc6)N4c4ccccc41)c1ccccc1N53)-c1ccc(cc1)CCc1ccc-2cc1. The molecule has 7 heteroatoms. The van der Waals surface area contributed by atoms with Crippen molar-refractivity contribution in [2.45, 2.75) is 78.1 Å². The maximum atomic E-state index is 6.39. The Morgan fingerprint density at radius 3 is 0.965 bits per heavy atom. The van der Waals surface area contributed by atoms with Crippen molar-refractivity contribution in [2.75, 3.05) is 24.5 Å². The van der Waals surface area contributed by atoms with Crippen molar-refractivity contribution in [1.29, 1.82) is 0 Å². The van der Waals surface area contributed by atoms with E-state index in [-0.39, 0.29) is 10.8 Å². The Bertz CT molecular complexity index is 4130. The number of nitrogens with zero attached hydrogens (tertiary/aromatic N) is 5. The van der Waals surface area contributed by atoms with Crippen LogP contribution in [0.25, 0.3) is 44.5 Å². The molecule has 0 N–H and O–H groups in total. The molecule has 0 fully saturated rings. The van der Waals surface area contributed by atoms with Crippen molar-refractivity contribution < 1.29 is 22.1 Å². The van der Waals surface area contributed by atoms with Crippen LogP contribution in [-0.2, 0) is 54.2 Å². The molecule has 0 radical (unpaired) electrons. The predicted octanol–water partition coefficient (Wildman–Crippen LogP) is 19.7. The summed E-state index contributed by atoms with van der Waals surface area (Å²) in [5.41, 5.74) is 27.3. The van der Waals surface area contributed by atoms with Crippen LogP contribution in [0.15, 0.2) is 229 Å². The molecular formula is C78H63N5OPt-2. The topological polar surface area (TPSA) is 29.3 Å². The third-order valence-electron chi connectivity index (χ3n) is 17.6. The van der Waals surface area contributed by atoms with E-state index in [1.54, 1.807) is 6.26 Å². The predicted molar refractivity (Wildman–Crippen MR) is 349 cm³/mol. The fourth-order valence-corrected chi connectivity index (χ4v) is 16.6. The van der Waals surface area contributed by atoms with Gasteiger partial charge >= 0.3 is 510 Å². The molecule has 0 amide bonds. The molecule has 1 aromatic heterocycles. The molecule has 16 bridgehead atoms. The van der Waals surface area contributed by atoms with E-state index in [0.29, 0.717) is 5.88 Å². The van der Waals surface area contributed by atoms with E-state index < -0.39 is 17.6 Å². The van der Waals surface area contributed by atoms with Gasteiger partial charge in [0.15, 0.2) is 0 Å². The first kappa shape index (κ1) is 51.5. The van der Waals surface area contributed by atoms with E-state index in [2.05, 4.69) is 284 Å². The molecule has 10 aromatic carbocycles. The zero-order chi connectivity index (χ0) is 57.3. The molecule has 0 spiro atoms. The average Bonchev–Trinajstić information content (AvgIpc) is 2.09. The van der Waals surface area contributed by atoms with Crippen molar-refractivity contribution in [3.05, 3.63) is 270 Å². The summed E-state index contributed by atoms with van der Waals surface area (Å²) in [6.07, 6.45) is 5.47. The number of anilines is 11. The Labute approximate surface area is 507 Å². The van der Waals surface area contributed by atoms with Crippen molar-refractivity contribution in [1.82, 2.24) is 0 Å². The summed E-state index contributed by atoms with van der Waals surface area (Å²) in [7, 11) is 0. The molecular weight excluding hydrogens is 1220 g/mol.